The molecule has 1 fully saturated rings. The third-order valence-corrected chi connectivity index (χ3v) is 7.15. The van der Waals surface area contributed by atoms with Crippen molar-refractivity contribution in [1.82, 2.24) is 0 Å². The molecular weight excluding hydrogens is 461 g/mol. The molecule has 0 amide bonds. The lowest BCUT2D eigenvalue weighted by Crippen LogP contribution is -2.44. The van der Waals surface area contributed by atoms with Crippen LogP contribution in [0.2, 0.25) is 0 Å². The first kappa shape index (κ1) is 24.3. The highest BCUT2D eigenvalue weighted by Gasteiger charge is 2.37. The van der Waals surface area contributed by atoms with Crippen LogP contribution in [0.15, 0.2) is 91.0 Å². The molecule has 0 atom stereocenters. The summed E-state index contributed by atoms with van der Waals surface area (Å²) >= 11 is 0. The van der Waals surface area contributed by atoms with Crippen molar-refractivity contribution in [2.24, 2.45) is 0 Å². The first-order valence-electron chi connectivity index (χ1n) is 12.6. The van der Waals surface area contributed by atoms with Gasteiger partial charge in [-0.25, -0.2) is 0 Å². The standard InChI is InChI=1S/C30H28N.BF4/c1-3-11-22(12-4-1)28-21-29(24-14-5-2-6-15-24)31(25-16-8-9-17-25)30-26-18-10-7-13-23(26)19-20-27(28)30;2-1(3,4)5/h1-7,10-15,18,21,25H,8-9,16-17,19-20H2;/q+1;-1. The zero-order chi connectivity index (χ0) is 25.1. The van der Waals surface area contributed by atoms with Crippen LogP contribution in [-0.2, 0) is 12.8 Å². The van der Waals surface area contributed by atoms with E-state index < -0.39 is 7.25 Å². The van der Waals surface area contributed by atoms with Gasteiger partial charge in [-0.15, -0.1) is 0 Å². The summed E-state index contributed by atoms with van der Waals surface area (Å²) in [5.74, 6) is 0. The molecule has 6 heteroatoms. The first-order valence-corrected chi connectivity index (χ1v) is 12.6. The van der Waals surface area contributed by atoms with E-state index in [1.54, 1.807) is 0 Å². The monoisotopic (exact) mass is 489 g/mol. The summed E-state index contributed by atoms with van der Waals surface area (Å²) in [7, 11) is -6.00. The van der Waals surface area contributed by atoms with Crippen LogP contribution in [0, 0.1) is 0 Å². The fourth-order valence-electron chi connectivity index (χ4n) is 5.71. The van der Waals surface area contributed by atoms with Crippen LogP contribution in [0.25, 0.3) is 33.6 Å². The Bertz CT molecular complexity index is 1320. The summed E-state index contributed by atoms with van der Waals surface area (Å²) in [4.78, 5) is 0. The van der Waals surface area contributed by atoms with Gasteiger partial charge in [-0.3, -0.25) is 0 Å². The zero-order valence-electron chi connectivity index (χ0n) is 20.0. The minimum atomic E-state index is -6.00. The molecule has 3 aromatic carbocycles. The predicted molar refractivity (Wildman–Crippen MR) is 138 cm³/mol. The van der Waals surface area contributed by atoms with E-state index in [0.717, 1.165) is 12.8 Å². The average Bonchev–Trinajstić information content (AvgIpc) is 3.42. The largest absolute Gasteiger partial charge is 0.673 e. The zero-order valence-corrected chi connectivity index (χ0v) is 20.0. The average molecular weight is 489 g/mol. The number of aryl methyl sites for hydroxylation is 1. The molecule has 1 saturated carbocycles. The van der Waals surface area contributed by atoms with Crippen LogP contribution < -0.4 is 4.57 Å². The van der Waals surface area contributed by atoms with Crippen molar-refractivity contribution in [3.63, 3.8) is 0 Å². The normalized spacial score (nSPS) is 15.0. The third-order valence-electron chi connectivity index (χ3n) is 7.15. The smallest absolute Gasteiger partial charge is 0.418 e. The number of hydrogen-bond acceptors (Lipinski definition) is 0. The molecule has 0 bridgehead atoms. The topological polar surface area (TPSA) is 3.88 Å². The van der Waals surface area contributed by atoms with E-state index >= 15 is 0 Å². The summed E-state index contributed by atoms with van der Waals surface area (Å²) in [6.45, 7) is 0. The molecule has 0 spiro atoms. The van der Waals surface area contributed by atoms with E-state index in [9.17, 15) is 17.3 Å². The summed E-state index contributed by atoms with van der Waals surface area (Å²) in [5, 5.41) is 0. The van der Waals surface area contributed by atoms with E-state index in [1.165, 1.54) is 70.5 Å². The predicted octanol–water partition coefficient (Wildman–Crippen LogP) is 8.49. The number of benzene rings is 3. The molecule has 0 saturated heterocycles. The number of hydrogen-bond donors (Lipinski definition) is 0. The van der Waals surface area contributed by atoms with Crippen molar-refractivity contribution in [3.8, 4) is 33.6 Å². The van der Waals surface area contributed by atoms with Crippen molar-refractivity contribution in [2.75, 3.05) is 0 Å². The SMILES string of the molecule is F[B-](F)(F)F.c1ccc(-c2cc(-c3ccccc3)[n+](C3CCCC3)c3c2CCc2ccccc2-3)cc1. The number of aromatic nitrogens is 1. The highest BCUT2D eigenvalue weighted by molar-refractivity contribution is 6.50. The minimum Gasteiger partial charge on any atom is -0.418 e. The fourth-order valence-corrected chi connectivity index (χ4v) is 5.71. The molecule has 0 unspecified atom stereocenters. The van der Waals surface area contributed by atoms with Gasteiger partial charge in [-0.05, 0) is 60.6 Å². The van der Waals surface area contributed by atoms with Gasteiger partial charge in [0, 0.05) is 35.6 Å². The molecule has 0 aliphatic heterocycles. The Balaban J connectivity index is 0.000000489. The Morgan fingerprint density at radius 3 is 1.83 bits per heavy atom. The van der Waals surface area contributed by atoms with Gasteiger partial charge in [0.1, 0.15) is 0 Å². The van der Waals surface area contributed by atoms with Gasteiger partial charge in [0.05, 0.1) is 0 Å². The van der Waals surface area contributed by atoms with Gasteiger partial charge in [0.15, 0.2) is 6.04 Å². The van der Waals surface area contributed by atoms with Gasteiger partial charge in [0.25, 0.3) is 0 Å². The van der Waals surface area contributed by atoms with Crippen molar-refractivity contribution < 1.29 is 21.8 Å². The van der Waals surface area contributed by atoms with E-state index in [4.69, 9.17) is 0 Å². The van der Waals surface area contributed by atoms with Crippen LogP contribution in [0.1, 0.15) is 42.9 Å². The molecule has 2 aliphatic carbocycles. The van der Waals surface area contributed by atoms with Crippen LogP contribution in [-0.4, -0.2) is 7.25 Å². The molecule has 2 aliphatic rings. The Morgan fingerprint density at radius 1 is 0.639 bits per heavy atom. The van der Waals surface area contributed by atoms with E-state index in [0.29, 0.717) is 6.04 Å². The molecule has 0 radical (unpaired) electrons. The van der Waals surface area contributed by atoms with E-state index in [-0.39, 0.29) is 0 Å². The molecule has 1 nitrogen and oxygen atoms in total. The van der Waals surface area contributed by atoms with Crippen LogP contribution in [0.3, 0.4) is 0 Å². The van der Waals surface area contributed by atoms with Crippen LogP contribution in [0.5, 0.6) is 0 Å². The van der Waals surface area contributed by atoms with Gasteiger partial charge in [-0.2, -0.15) is 4.57 Å². The molecule has 184 valence electrons. The van der Waals surface area contributed by atoms with Crippen molar-refractivity contribution in [3.05, 3.63) is 102 Å². The Morgan fingerprint density at radius 2 is 1.19 bits per heavy atom. The number of nitrogens with zero attached hydrogens (tertiary/aromatic N) is 1. The van der Waals surface area contributed by atoms with E-state index in [1.807, 2.05) is 0 Å². The number of rotatable bonds is 3. The second-order valence-electron chi connectivity index (χ2n) is 9.46. The number of halogens is 4. The minimum absolute atomic E-state index is 0.583. The lowest BCUT2D eigenvalue weighted by atomic mass is 9.83. The molecule has 36 heavy (non-hydrogen) atoms. The molecule has 6 rings (SSSR count). The maximum Gasteiger partial charge on any atom is 0.673 e. The maximum atomic E-state index is 9.75. The maximum absolute atomic E-state index is 9.75. The number of pyridine rings is 1. The Labute approximate surface area is 209 Å². The lowest BCUT2D eigenvalue weighted by Gasteiger charge is -2.25. The van der Waals surface area contributed by atoms with Crippen LogP contribution in [0.4, 0.5) is 17.3 Å². The van der Waals surface area contributed by atoms with Gasteiger partial charge in [-0.1, -0.05) is 66.7 Å². The quantitative estimate of drug-likeness (QED) is 0.154. The fraction of sp³-hybridized carbons (Fsp3) is 0.233. The summed E-state index contributed by atoms with van der Waals surface area (Å²) < 4.78 is 41.7. The Kier molecular flexibility index (Phi) is 6.95. The summed E-state index contributed by atoms with van der Waals surface area (Å²) in [6.07, 6.45) is 7.47. The first-order chi connectivity index (χ1) is 17.4. The lowest BCUT2D eigenvalue weighted by molar-refractivity contribution is -0.701. The van der Waals surface area contributed by atoms with E-state index in [2.05, 4.69) is 95.6 Å². The van der Waals surface area contributed by atoms with Gasteiger partial charge >= 0.3 is 7.25 Å². The van der Waals surface area contributed by atoms with Crippen LogP contribution >= 0.6 is 0 Å². The Hall–Kier alpha value is -3.41. The molecular formula is C30H28BF4N. The van der Waals surface area contributed by atoms with Gasteiger partial charge in [0.2, 0.25) is 11.4 Å². The summed E-state index contributed by atoms with van der Waals surface area (Å²) in [6, 6.07) is 34.1. The molecule has 4 aromatic rings. The molecule has 1 aromatic heterocycles. The third kappa shape index (κ3) is 5.23. The highest BCUT2D eigenvalue weighted by atomic mass is 19.5. The van der Waals surface area contributed by atoms with Gasteiger partial charge < -0.3 is 17.3 Å². The van der Waals surface area contributed by atoms with Crippen molar-refractivity contribution >= 4 is 7.25 Å². The molecule has 0 N–H and O–H groups in total. The number of fused-ring (bicyclic) bond motifs is 3. The van der Waals surface area contributed by atoms with Crippen molar-refractivity contribution in [2.45, 2.75) is 44.6 Å². The second-order valence-corrected chi connectivity index (χ2v) is 9.46. The summed E-state index contributed by atoms with van der Waals surface area (Å²) in [5.41, 5.74) is 11.3. The highest BCUT2D eigenvalue weighted by Crippen LogP contribution is 2.41. The van der Waals surface area contributed by atoms with Crippen molar-refractivity contribution in [1.29, 1.82) is 0 Å². The second kappa shape index (κ2) is 10.3. The molecule has 1 heterocycles.